The number of nitrogens with zero attached hydrogens (tertiary/aromatic N) is 3. The molecule has 0 N–H and O–H groups in total. The maximum atomic E-state index is 12.9. The Morgan fingerprint density at radius 3 is 2.69 bits per heavy atom. The molecule has 0 bridgehead atoms. The lowest BCUT2D eigenvalue weighted by molar-refractivity contribution is -0.138. The van der Waals surface area contributed by atoms with Crippen molar-refractivity contribution in [3.63, 3.8) is 0 Å². The molecule has 0 saturated heterocycles. The minimum Gasteiger partial charge on any atom is -0.480 e. The van der Waals surface area contributed by atoms with Crippen molar-refractivity contribution >= 4 is 17.5 Å². The van der Waals surface area contributed by atoms with E-state index in [-0.39, 0.29) is 12.5 Å². The van der Waals surface area contributed by atoms with Gasteiger partial charge in [0.1, 0.15) is 5.75 Å². The number of rotatable bonds is 7. The largest absolute Gasteiger partial charge is 0.480 e. The van der Waals surface area contributed by atoms with E-state index in [1.807, 2.05) is 57.2 Å². The second-order valence-corrected chi connectivity index (χ2v) is 7.31. The fourth-order valence-corrected chi connectivity index (χ4v) is 3.13. The zero-order valence-electron chi connectivity index (χ0n) is 17.0. The highest BCUT2D eigenvalue weighted by molar-refractivity contribution is 6.33. The van der Waals surface area contributed by atoms with Crippen molar-refractivity contribution < 1.29 is 14.1 Å². The number of hydrogen-bond donors (Lipinski definition) is 0. The van der Waals surface area contributed by atoms with Gasteiger partial charge in [-0.3, -0.25) is 4.79 Å². The molecule has 0 saturated carbocycles. The molecule has 0 fully saturated rings. The molecular weight excluding hydrogens is 390 g/mol. The molecule has 29 heavy (non-hydrogen) atoms. The molecular formula is C22H24ClN3O3. The molecule has 1 atom stereocenters. The second kappa shape index (κ2) is 9.09. The number of carbonyl (C=O) groups excluding carboxylic acids is 1. The molecule has 1 amide bonds. The van der Waals surface area contributed by atoms with Gasteiger partial charge in [0.05, 0.1) is 11.6 Å². The minimum absolute atomic E-state index is 0.147. The molecule has 7 heteroatoms. The van der Waals surface area contributed by atoms with Gasteiger partial charge in [0.15, 0.2) is 6.10 Å². The van der Waals surface area contributed by atoms with Crippen LogP contribution in [0.2, 0.25) is 5.02 Å². The number of halogens is 1. The molecule has 3 rings (SSSR count). The number of amides is 1. The SMILES string of the molecule is CC[C@H](Oc1cccc(C)c1C)C(=O)N(C)Cc1nc(-c2ccccc2Cl)no1. The molecule has 1 heterocycles. The number of likely N-dealkylation sites (N-methyl/N-ethyl adjacent to an activating group) is 1. The van der Waals surface area contributed by atoms with Gasteiger partial charge in [0, 0.05) is 12.6 Å². The molecule has 0 spiro atoms. The zero-order chi connectivity index (χ0) is 21.0. The number of aromatic nitrogens is 2. The highest BCUT2D eigenvalue weighted by Crippen LogP contribution is 2.25. The number of benzene rings is 2. The fraction of sp³-hybridized carbons (Fsp3) is 0.318. The number of carbonyl (C=O) groups is 1. The van der Waals surface area contributed by atoms with Crippen LogP contribution in [0.1, 0.15) is 30.4 Å². The lowest BCUT2D eigenvalue weighted by Crippen LogP contribution is -2.39. The third-order valence-corrected chi connectivity index (χ3v) is 5.13. The van der Waals surface area contributed by atoms with Gasteiger partial charge in [-0.15, -0.1) is 0 Å². The first kappa shape index (κ1) is 20.9. The predicted molar refractivity (Wildman–Crippen MR) is 112 cm³/mol. The Morgan fingerprint density at radius 1 is 1.21 bits per heavy atom. The topological polar surface area (TPSA) is 68.5 Å². The Bertz CT molecular complexity index is 1000. The lowest BCUT2D eigenvalue weighted by atomic mass is 10.1. The summed E-state index contributed by atoms with van der Waals surface area (Å²) in [7, 11) is 1.69. The first-order valence-corrected chi connectivity index (χ1v) is 9.83. The first-order valence-electron chi connectivity index (χ1n) is 9.46. The summed E-state index contributed by atoms with van der Waals surface area (Å²) in [5, 5.41) is 4.51. The van der Waals surface area contributed by atoms with Crippen LogP contribution in [0.3, 0.4) is 0 Å². The summed E-state index contributed by atoms with van der Waals surface area (Å²) in [5.74, 6) is 1.30. The maximum Gasteiger partial charge on any atom is 0.263 e. The third kappa shape index (κ3) is 4.77. The van der Waals surface area contributed by atoms with Crippen molar-refractivity contribution in [2.45, 2.75) is 39.8 Å². The molecule has 0 aliphatic rings. The van der Waals surface area contributed by atoms with Crippen LogP contribution in [0, 0.1) is 13.8 Å². The number of ether oxygens (including phenoxy) is 1. The van der Waals surface area contributed by atoms with Crippen LogP contribution < -0.4 is 4.74 Å². The maximum absolute atomic E-state index is 12.9. The lowest BCUT2D eigenvalue weighted by Gasteiger charge is -2.23. The normalized spacial score (nSPS) is 11.9. The second-order valence-electron chi connectivity index (χ2n) is 6.90. The molecule has 2 aromatic carbocycles. The van der Waals surface area contributed by atoms with Crippen molar-refractivity contribution in [2.75, 3.05) is 7.05 Å². The molecule has 0 unspecified atom stereocenters. The predicted octanol–water partition coefficient (Wildman–Crippen LogP) is 4.82. The van der Waals surface area contributed by atoms with Gasteiger partial charge in [-0.2, -0.15) is 4.98 Å². The Hall–Kier alpha value is -2.86. The number of aryl methyl sites for hydroxylation is 1. The van der Waals surface area contributed by atoms with Crippen LogP contribution in [-0.2, 0) is 11.3 Å². The summed E-state index contributed by atoms with van der Waals surface area (Å²) in [6.07, 6.45) is -0.0444. The van der Waals surface area contributed by atoms with Crippen LogP contribution in [-0.4, -0.2) is 34.1 Å². The average Bonchev–Trinajstić information content (AvgIpc) is 3.17. The van der Waals surface area contributed by atoms with Gasteiger partial charge in [0.2, 0.25) is 11.7 Å². The van der Waals surface area contributed by atoms with Crippen LogP contribution in [0.5, 0.6) is 5.75 Å². The average molecular weight is 414 g/mol. The highest BCUT2D eigenvalue weighted by Gasteiger charge is 2.25. The van der Waals surface area contributed by atoms with Crippen molar-refractivity contribution in [2.24, 2.45) is 0 Å². The molecule has 6 nitrogen and oxygen atoms in total. The van der Waals surface area contributed by atoms with Gasteiger partial charge in [-0.1, -0.05) is 47.9 Å². The van der Waals surface area contributed by atoms with Crippen LogP contribution in [0.4, 0.5) is 0 Å². The third-order valence-electron chi connectivity index (χ3n) is 4.80. The summed E-state index contributed by atoms with van der Waals surface area (Å²) in [6, 6.07) is 13.1. The number of hydrogen-bond acceptors (Lipinski definition) is 5. The van der Waals surface area contributed by atoms with E-state index in [1.54, 1.807) is 13.1 Å². The Kier molecular flexibility index (Phi) is 6.54. The van der Waals surface area contributed by atoms with E-state index in [0.717, 1.165) is 16.9 Å². The van der Waals surface area contributed by atoms with Crippen molar-refractivity contribution in [3.8, 4) is 17.1 Å². The van der Waals surface area contributed by atoms with Crippen LogP contribution in [0.15, 0.2) is 47.0 Å². The monoisotopic (exact) mass is 413 g/mol. The molecule has 3 aromatic rings. The van der Waals surface area contributed by atoms with Gasteiger partial charge in [-0.25, -0.2) is 0 Å². The zero-order valence-corrected chi connectivity index (χ0v) is 17.7. The van der Waals surface area contributed by atoms with Crippen LogP contribution >= 0.6 is 11.6 Å². The summed E-state index contributed by atoms with van der Waals surface area (Å²) in [5.41, 5.74) is 2.83. The summed E-state index contributed by atoms with van der Waals surface area (Å²) in [6.45, 7) is 6.11. The molecule has 152 valence electrons. The van der Waals surface area contributed by atoms with Gasteiger partial charge < -0.3 is 14.2 Å². The fourth-order valence-electron chi connectivity index (χ4n) is 2.91. The van der Waals surface area contributed by atoms with Gasteiger partial charge >= 0.3 is 0 Å². The molecule has 0 radical (unpaired) electrons. The van der Waals surface area contributed by atoms with E-state index in [9.17, 15) is 4.79 Å². The Morgan fingerprint density at radius 2 is 1.97 bits per heavy atom. The molecule has 0 aliphatic heterocycles. The van der Waals surface area contributed by atoms with E-state index in [1.165, 1.54) is 4.90 Å². The Labute approximate surface area is 175 Å². The van der Waals surface area contributed by atoms with Gasteiger partial charge in [0.25, 0.3) is 5.91 Å². The van der Waals surface area contributed by atoms with E-state index in [2.05, 4.69) is 10.1 Å². The Balaban J connectivity index is 1.69. The van der Waals surface area contributed by atoms with Gasteiger partial charge in [-0.05, 0) is 49.6 Å². The highest BCUT2D eigenvalue weighted by atomic mass is 35.5. The van der Waals surface area contributed by atoms with E-state index in [0.29, 0.717) is 28.7 Å². The molecule has 0 aliphatic carbocycles. The van der Waals surface area contributed by atoms with Crippen molar-refractivity contribution in [3.05, 3.63) is 64.5 Å². The van der Waals surface area contributed by atoms with Crippen LogP contribution in [0.25, 0.3) is 11.4 Å². The van der Waals surface area contributed by atoms with Crippen molar-refractivity contribution in [1.29, 1.82) is 0 Å². The quantitative estimate of drug-likeness (QED) is 0.555. The summed E-state index contributed by atoms with van der Waals surface area (Å²) < 4.78 is 11.3. The van der Waals surface area contributed by atoms with Crippen molar-refractivity contribution in [1.82, 2.24) is 15.0 Å². The summed E-state index contributed by atoms with van der Waals surface area (Å²) in [4.78, 5) is 18.8. The van der Waals surface area contributed by atoms with E-state index < -0.39 is 6.10 Å². The van der Waals surface area contributed by atoms with E-state index in [4.69, 9.17) is 20.9 Å². The molecule has 1 aromatic heterocycles. The minimum atomic E-state index is -0.591. The smallest absolute Gasteiger partial charge is 0.263 e. The summed E-state index contributed by atoms with van der Waals surface area (Å²) >= 11 is 6.18. The standard InChI is InChI=1S/C22H24ClN3O3/c1-5-18(28-19-12-8-9-14(2)15(19)3)22(27)26(4)13-20-24-21(25-29-20)16-10-6-7-11-17(16)23/h6-12,18H,5,13H2,1-4H3/t18-/m0/s1. The first-order chi connectivity index (χ1) is 13.9. The van der Waals surface area contributed by atoms with E-state index >= 15 is 0 Å².